The van der Waals surface area contributed by atoms with E-state index >= 15 is 0 Å². The third kappa shape index (κ3) is 2.77. The van der Waals surface area contributed by atoms with Gasteiger partial charge in [0.1, 0.15) is 23.3 Å². The van der Waals surface area contributed by atoms with Gasteiger partial charge in [-0.05, 0) is 19.1 Å². The van der Waals surface area contributed by atoms with E-state index in [4.69, 9.17) is 21.1 Å². The molecule has 0 unspecified atom stereocenters. The van der Waals surface area contributed by atoms with Gasteiger partial charge in [-0.1, -0.05) is 11.6 Å². The molecule has 0 amide bonds. The molecule has 1 heterocycles. The van der Waals surface area contributed by atoms with Crippen LogP contribution in [0.4, 0.5) is 0 Å². The summed E-state index contributed by atoms with van der Waals surface area (Å²) in [6, 6.07) is 5.03. The Bertz CT molecular complexity index is 638. The number of aldehydes is 1. The lowest BCUT2D eigenvalue weighted by Crippen LogP contribution is -2.00. The second kappa shape index (κ2) is 5.96. The molecule has 2 aromatic rings. The zero-order valence-electron chi connectivity index (χ0n) is 11.5. The number of ether oxygens (including phenoxy) is 2. The Labute approximate surface area is 122 Å². The van der Waals surface area contributed by atoms with Crippen molar-refractivity contribution in [3.05, 3.63) is 40.2 Å². The third-order valence-corrected chi connectivity index (χ3v) is 3.46. The van der Waals surface area contributed by atoms with Crippen LogP contribution in [0.3, 0.4) is 0 Å². The molecule has 5 nitrogen and oxygen atoms in total. The summed E-state index contributed by atoms with van der Waals surface area (Å²) in [6.45, 7) is 2.10. The van der Waals surface area contributed by atoms with Crippen molar-refractivity contribution in [1.29, 1.82) is 0 Å². The van der Waals surface area contributed by atoms with Crippen molar-refractivity contribution in [2.75, 3.05) is 7.11 Å². The van der Waals surface area contributed by atoms with Gasteiger partial charge < -0.3 is 9.47 Å². The molecular formula is C14H15ClN2O3. The first-order valence-corrected chi connectivity index (χ1v) is 6.38. The maximum absolute atomic E-state index is 11.0. The fourth-order valence-electron chi connectivity index (χ4n) is 1.85. The van der Waals surface area contributed by atoms with Crippen molar-refractivity contribution in [1.82, 2.24) is 9.78 Å². The highest BCUT2D eigenvalue weighted by Gasteiger charge is 2.13. The number of aryl methyl sites for hydroxylation is 2. The zero-order valence-corrected chi connectivity index (χ0v) is 12.3. The van der Waals surface area contributed by atoms with E-state index in [0.29, 0.717) is 22.2 Å². The van der Waals surface area contributed by atoms with Gasteiger partial charge in [-0.25, -0.2) is 0 Å². The molecule has 1 aromatic carbocycles. The van der Waals surface area contributed by atoms with Gasteiger partial charge in [0.15, 0.2) is 6.29 Å². The van der Waals surface area contributed by atoms with E-state index in [9.17, 15) is 4.79 Å². The molecule has 0 bridgehead atoms. The first kappa shape index (κ1) is 14.4. The molecule has 0 aliphatic carbocycles. The monoisotopic (exact) mass is 294 g/mol. The smallest absolute Gasteiger partial charge is 0.153 e. The minimum Gasteiger partial charge on any atom is -0.497 e. The molecule has 0 atom stereocenters. The van der Waals surface area contributed by atoms with E-state index in [1.54, 1.807) is 37.0 Å². The average molecular weight is 295 g/mol. The molecule has 0 radical (unpaired) electrons. The molecule has 106 valence electrons. The Morgan fingerprint density at radius 3 is 2.75 bits per heavy atom. The fourth-order valence-corrected chi connectivity index (χ4v) is 2.08. The number of benzene rings is 1. The number of hydrogen-bond acceptors (Lipinski definition) is 4. The highest BCUT2D eigenvalue weighted by Crippen LogP contribution is 2.26. The quantitative estimate of drug-likeness (QED) is 0.796. The average Bonchev–Trinajstić information content (AvgIpc) is 2.70. The largest absolute Gasteiger partial charge is 0.497 e. The van der Waals surface area contributed by atoms with Gasteiger partial charge in [0.25, 0.3) is 0 Å². The molecule has 0 saturated heterocycles. The first-order valence-electron chi connectivity index (χ1n) is 6.00. The van der Waals surface area contributed by atoms with Crippen LogP contribution in [0, 0.1) is 6.92 Å². The Morgan fingerprint density at radius 2 is 2.20 bits per heavy atom. The van der Waals surface area contributed by atoms with E-state index in [1.165, 1.54) is 0 Å². The fraction of sp³-hybridized carbons (Fsp3) is 0.286. The number of methoxy groups -OCH3 is 1. The van der Waals surface area contributed by atoms with Gasteiger partial charge in [0, 0.05) is 18.7 Å². The molecule has 0 fully saturated rings. The maximum atomic E-state index is 11.0. The highest BCUT2D eigenvalue weighted by atomic mass is 35.5. The summed E-state index contributed by atoms with van der Waals surface area (Å²) < 4.78 is 12.4. The van der Waals surface area contributed by atoms with E-state index in [1.807, 2.05) is 6.92 Å². The van der Waals surface area contributed by atoms with E-state index in [0.717, 1.165) is 17.5 Å². The predicted molar refractivity (Wildman–Crippen MR) is 75.7 cm³/mol. The van der Waals surface area contributed by atoms with E-state index < -0.39 is 0 Å². The van der Waals surface area contributed by atoms with Crippen LogP contribution in [0.1, 0.15) is 21.6 Å². The van der Waals surface area contributed by atoms with Crippen molar-refractivity contribution in [2.45, 2.75) is 13.5 Å². The normalized spacial score (nSPS) is 10.4. The molecule has 0 spiro atoms. The van der Waals surface area contributed by atoms with Crippen molar-refractivity contribution in [2.24, 2.45) is 7.05 Å². The lowest BCUT2D eigenvalue weighted by molar-refractivity contribution is 0.111. The van der Waals surface area contributed by atoms with Crippen molar-refractivity contribution in [3.63, 3.8) is 0 Å². The number of nitrogens with zero attached hydrogens (tertiary/aromatic N) is 2. The van der Waals surface area contributed by atoms with Crippen LogP contribution in [0.15, 0.2) is 18.2 Å². The van der Waals surface area contributed by atoms with Crippen molar-refractivity contribution < 1.29 is 14.3 Å². The Kier molecular flexibility index (Phi) is 4.29. The number of halogens is 1. The van der Waals surface area contributed by atoms with Crippen LogP contribution in [-0.4, -0.2) is 23.2 Å². The number of carbonyl (C=O) groups is 1. The summed E-state index contributed by atoms with van der Waals surface area (Å²) in [5, 5.41) is 4.74. The maximum Gasteiger partial charge on any atom is 0.153 e. The molecule has 20 heavy (non-hydrogen) atoms. The SMILES string of the molecule is COc1ccc(C=O)c(OCc2c(C)nn(C)c2Cl)c1. The summed E-state index contributed by atoms with van der Waals surface area (Å²) in [6.07, 6.45) is 0.743. The molecule has 0 N–H and O–H groups in total. The second-order valence-electron chi connectivity index (χ2n) is 4.29. The summed E-state index contributed by atoms with van der Waals surface area (Å²) in [4.78, 5) is 11.0. The minimum atomic E-state index is 0.243. The zero-order chi connectivity index (χ0) is 14.7. The van der Waals surface area contributed by atoms with Gasteiger partial charge in [-0.2, -0.15) is 5.10 Å². The van der Waals surface area contributed by atoms with Crippen LogP contribution in [0.25, 0.3) is 0 Å². The van der Waals surface area contributed by atoms with Crippen LogP contribution in [0.2, 0.25) is 5.15 Å². The first-order chi connectivity index (χ1) is 9.56. The molecular weight excluding hydrogens is 280 g/mol. The lowest BCUT2D eigenvalue weighted by Gasteiger charge is -2.10. The standard InChI is InChI=1S/C14H15ClN2O3/c1-9-12(14(15)17(2)16-9)8-20-13-6-11(19-3)5-4-10(13)7-18/h4-7H,8H2,1-3H3. The number of carbonyl (C=O) groups excluding carboxylic acids is 1. The minimum absolute atomic E-state index is 0.243. The van der Waals surface area contributed by atoms with Crippen LogP contribution in [-0.2, 0) is 13.7 Å². The summed E-state index contributed by atoms with van der Waals surface area (Å²) >= 11 is 6.14. The molecule has 1 aromatic heterocycles. The topological polar surface area (TPSA) is 53.4 Å². The van der Waals surface area contributed by atoms with Gasteiger partial charge >= 0.3 is 0 Å². The lowest BCUT2D eigenvalue weighted by atomic mass is 10.2. The van der Waals surface area contributed by atoms with Crippen molar-refractivity contribution in [3.8, 4) is 11.5 Å². The molecule has 6 heteroatoms. The van der Waals surface area contributed by atoms with E-state index in [2.05, 4.69) is 5.10 Å². The summed E-state index contributed by atoms with van der Waals surface area (Å²) in [7, 11) is 3.32. The summed E-state index contributed by atoms with van der Waals surface area (Å²) in [5.41, 5.74) is 2.06. The van der Waals surface area contributed by atoms with Crippen LogP contribution < -0.4 is 9.47 Å². The number of rotatable bonds is 5. The Hall–Kier alpha value is -2.01. The molecule has 0 aliphatic rings. The third-order valence-electron chi connectivity index (χ3n) is 2.99. The van der Waals surface area contributed by atoms with Gasteiger partial charge in [-0.3, -0.25) is 9.48 Å². The van der Waals surface area contributed by atoms with E-state index in [-0.39, 0.29) is 6.61 Å². The highest BCUT2D eigenvalue weighted by molar-refractivity contribution is 6.30. The number of aromatic nitrogens is 2. The Morgan fingerprint density at radius 1 is 1.45 bits per heavy atom. The summed E-state index contributed by atoms with van der Waals surface area (Å²) in [5.74, 6) is 1.08. The van der Waals surface area contributed by atoms with Crippen molar-refractivity contribution >= 4 is 17.9 Å². The Balaban J connectivity index is 2.24. The second-order valence-corrected chi connectivity index (χ2v) is 4.65. The number of hydrogen-bond donors (Lipinski definition) is 0. The molecule has 0 saturated carbocycles. The van der Waals surface area contributed by atoms with Crippen LogP contribution in [0.5, 0.6) is 11.5 Å². The molecule has 2 rings (SSSR count). The van der Waals surface area contributed by atoms with Gasteiger partial charge in [-0.15, -0.1) is 0 Å². The van der Waals surface area contributed by atoms with Gasteiger partial charge in [0.2, 0.25) is 0 Å². The predicted octanol–water partition coefficient (Wildman–Crippen LogP) is 2.78. The van der Waals surface area contributed by atoms with Gasteiger partial charge in [0.05, 0.1) is 18.4 Å². The molecule has 0 aliphatic heterocycles. The van der Waals surface area contributed by atoms with Crippen LogP contribution >= 0.6 is 11.6 Å².